The summed E-state index contributed by atoms with van der Waals surface area (Å²) in [6.45, 7) is 4.07. The normalized spacial score (nSPS) is 10.7. The van der Waals surface area contributed by atoms with Gasteiger partial charge in [-0.3, -0.25) is 9.59 Å². The van der Waals surface area contributed by atoms with Gasteiger partial charge in [-0.1, -0.05) is 36.4 Å². The number of carbonyl (C=O) groups excluding carboxylic acids is 1. The van der Waals surface area contributed by atoms with Gasteiger partial charge in [0.15, 0.2) is 5.78 Å². The van der Waals surface area contributed by atoms with Crippen LogP contribution in [0.25, 0.3) is 6.08 Å². The molecule has 3 nitrogen and oxygen atoms in total. The van der Waals surface area contributed by atoms with E-state index in [4.69, 9.17) is 0 Å². The summed E-state index contributed by atoms with van der Waals surface area (Å²) in [6.07, 6.45) is 3.18. The monoisotopic (exact) mass is 293 g/mol. The molecular weight excluding hydrogens is 274 g/mol. The fraction of sp³-hybridized carbons (Fsp3) is 0.158. The number of hydrogen-bond acceptors (Lipinski definition) is 3. The van der Waals surface area contributed by atoms with Crippen molar-refractivity contribution in [3.05, 3.63) is 81.0 Å². The third-order valence-corrected chi connectivity index (χ3v) is 3.62. The van der Waals surface area contributed by atoms with Gasteiger partial charge in [0.2, 0.25) is 5.43 Å². The number of hydrogen-bond donors (Lipinski definition) is 1. The summed E-state index contributed by atoms with van der Waals surface area (Å²) in [5.41, 5.74) is 3.60. The number of anilines is 1. The summed E-state index contributed by atoms with van der Waals surface area (Å²) < 4.78 is 0. The van der Waals surface area contributed by atoms with Crippen LogP contribution >= 0.6 is 0 Å². The minimum absolute atomic E-state index is 0.162. The second kappa shape index (κ2) is 6.85. The maximum absolute atomic E-state index is 12.3. The number of nitrogens with one attached hydrogen (secondary N) is 1. The van der Waals surface area contributed by atoms with Crippen LogP contribution < -0.4 is 10.7 Å². The highest BCUT2D eigenvalue weighted by atomic mass is 16.1. The number of allylic oxidation sites excluding steroid dienone is 1. The minimum atomic E-state index is -0.295. The molecule has 0 spiro atoms. The molecule has 0 aliphatic rings. The zero-order chi connectivity index (χ0) is 16.1. The standard InChI is InChI=1S/C19H19NO2/c1-13-8-9-15(12-14(13)2)10-11-18(21)16-6-4-5-7-17(20-3)19(16)22/h4-12H,1-3H3,(H,20,22)/b11-10-. The Morgan fingerprint density at radius 3 is 2.45 bits per heavy atom. The lowest BCUT2D eigenvalue weighted by Crippen LogP contribution is -2.14. The van der Waals surface area contributed by atoms with E-state index in [1.54, 1.807) is 37.4 Å². The molecule has 22 heavy (non-hydrogen) atoms. The smallest absolute Gasteiger partial charge is 0.212 e. The van der Waals surface area contributed by atoms with Gasteiger partial charge in [-0.05, 0) is 48.7 Å². The third-order valence-electron chi connectivity index (χ3n) is 3.62. The molecule has 0 aromatic heterocycles. The number of aryl methyl sites for hydroxylation is 2. The predicted octanol–water partition coefficient (Wildman–Crippen LogP) is 3.60. The van der Waals surface area contributed by atoms with E-state index in [0.717, 1.165) is 5.56 Å². The summed E-state index contributed by atoms with van der Waals surface area (Å²) in [4.78, 5) is 24.5. The maximum atomic E-state index is 12.3. The molecule has 0 radical (unpaired) electrons. The Bertz CT molecular complexity index is 792. The van der Waals surface area contributed by atoms with Crippen molar-refractivity contribution >= 4 is 17.5 Å². The van der Waals surface area contributed by atoms with Crippen LogP contribution in [0.4, 0.5) is 5.69 Å². The predicted molar refractivity (Wildman–Crippen MR) is 91.5 cm³/mol. The number of carbonyl (C=O) groups is 1. The zero-order valence-electron chi connectivity index (χ0n) is 13.0. The molecule has 2 aromatic carbocycles. The van der Waals surface area contributed by atoms with Crippen LogP contribution in [0.1, 0.15) is 27.0 Å². The first-order valence-electron chi connectivity index (χ1n) is 7.13. The highest BCUT2D eigenvalue weighted by Crippen LogP contribution is 2.11. The van der Waals surface area contributed by atoms with Crippen LogP contribution in [-0.2, 0) is 0 Å². The molecule has 0 bridgehead atoms. The van der Waals surface area contributed by atoms with E-state index in [1.807, 2.05) is 32.0 Å². The highest BCUT2D eigenvalue weighted by Gasteiger charge is 2.08. The van der Waals surface area contributed by atoms with Crippen molar-refractivity contribution in [3.63, 3.8) is 0 Å². The molecule has 0 unspecified atom stereocenters. The Labute approximate surface area is 130 Å². The molecule has 0 saturated heterocycles. The molecule has 0 fully saturated rings. The quantitative estimate of drug-likeness (QED) is 0.692. The summed E-state index contributed by atoms with van der Waals surface area (Å²) in [6, 6.07) is 12.6. The molecule has 0 aliphatic heterocycles. The van der Waals surface area contributed by atoms with Gasteiger partial charge in [0, 0.05) is 7.05 Å². The van der Waals surface area contributed by atoms with Crippen molar-refractivity contribution in [1.29, 1.82) is 0 Å². The van der Waals surface area contributed by atoms with Gasteiger partial charge in [-0.15, -0.1) is 0 Å². The number of ketones is 1. The Kier molecular flexibility index (Phi) is 4.89. The SMILES string of the molecule is CNc1ccccc(C(=O)/C=C\c2ccc(C)c(C)c2)c1=O. The van der Waals surface area contributed by atoms with E-state index in [1.165, 1.54) is 17.2 Å². The summed E-state index contributed by atoms with van der Waals surface area (Å²) in [5, 5.41) is 2.81. The largest absolute Gasteiger partial charge is 0.385 e. The van der Waals surface area contributed by atoms with Crippen molar-refractivity contribution in [1.82, 2.24) is 0 Å². The minimum Gasteiger partial charge on any atom is -0.385 e. The molecule has 2 aromatic rings. The van der Waals surface area contributed by atoms with Crippen molar-refractivity contribution in [2.45, 2.75) is 13.8 Å². The summed E-state index contributed by atoms with van der Waals surface area (Å²) in [5.74, 6) is -0.295. The van der Waals surface area contributed by atoms with Crippen molar-refractivity contribution in [2.24, 2.45) is 0 Å². The van der Waals surface area contributed by atoms with Gasteiger partial charge < -0.3 is 5.32 Å². The molecule has 0 saturated carbocycles. The van der Waals surface area contributed by atoms with E-state index in [0.29, 0.717) is 5.69 Å². The third kappa shape index (κ3) is 3.50. The second-order valence-electron chi connectivity index (χ2n) is 5.17. The molecule has 0 heterocycles. The molecule has 2 rings (SSSR count). The lowest BCUT2D eigenvalue weighted by molar-refractivity contribution is 0.104. The Hall–Kier alpha value is -2.68. The lowest BCUT2D eigenvalue weighted by Gasteiger charge is -2.00. The lowest BCUT2D eigenvalue weighted by atomic mass is 10.0. The molecule has 112 valence electrons. The van der Waals surface area contributed by atoms with E-state index in [2.05, 4.69) is 5.32 Å². The average Bonchev–Trinajstić information content (AvgIpc) is 2.69. The van der Waals surface area contributed by atoms with Crippen molar-refractivity contribution in [3.8, 4) is 0 Å². The van der Waals surface area contributed by atoms with Gasteiger partial charge in [0.1, 0.15) is 0 Å². The maximum Gasteiger partial charge on any atom is 0.212 e. The van der Waals surface area contributed by atoms with E-state index < -0.39 is 0 Å². The van der Waals surface area contributed by atoms with Gasteiger partial charge in [0.25, 0.3) is 0 Å². The first-order chi connectivity index (χ1) is 10.5. The van der Waals surface area contributed by atoms with Gasteiger partial charge in [-0.25, -0.2) is 0 Å². The fourth-order valence-electron chi connectivity index (χ4n) is 2.12. The van der Waals surface area contributed by atoms with Crippen LogP contribution in [0.5, 0.6) is 0 Å². The molecule has 0 amide bonds. The Balaban J connectivity index is 2.33. The van der Waals surface area contributed by atoms with Gasteiger partial charge in [-0.2, -0.15) is 0 Å². The van der Waals surface area contributed by atoms with Gasteiger partial charge >= 0.3 is 0 Å². The number of rotatable bonds is 4. The second-order valence-corrected chi connectivity index (χ2v) is 5.17. The molecule has 3 heteroatoms. The van der Waals surface area contributed by atoms with E-state index in [-0.39, 0.29) is 16.8 Å². The topological polar surface area (TPSA) is 46.2 Å². The molecule has 0 atom stereocenters. The van der Waals surface area contributed by atoms with Crippen LogP contribution in [-0.4, -0.2) is 12.8 Å². The van der Waals surface area contributed by atoms with E-state index in [9.17, 15) is 9.59 Å². The fourth-order valence-corrected chi connectivity index (χ4v) is 2.12. The summed E-state index contributed by atoms with van der Waals surface area (Å²) in [7, 11) is 1.66. The van der Waals surface area contributed by atoms with Crippen LogP contribution in [0.3, 0.4) is 0 Å². The highest BCUT2D eigenvalue weighted by molar-refractivity contribution is 6.07. The van der Waals surface area contributed by atoms with Crippen molar-refractivity contribution < 1.29 is 4.79 Å². The van der Waals surface area contributed by atoms with Crippen LogP contribution in [0, 0.1) is 13.8 Å². The summed E-state index contributed by atoms with van der Waals surface area (Å²) >= 11 is 0. The van der Waals surface area contributed by atoms with Crippen molar-refractivity contribution in [2.75, 3.05) is 12.4 Å². The molecule has 0 aliphatic carbocycles. The average molecular weight is 293 g/mol. The first kappa shape index (κ1) is 15.7. The Morgan fingerprint density at radius 2 is 1.77 bits per heavy atom. The van der Waals surface area contributed by atoms with Gasteiger partial charge in [0.05, 0.1) is 11.3 Å². The zero-order valence-corrected chi connectivity index (χ0v) is 13.0. The van der Waals surface area contributed by atoms with E-state index >= 15 is 0 Å². The van der Waals surface area contributed by atoms with Crippen LogP contribution in [0.15, 0.2) is 53.3 Å². The van der Waals surface area contributed by atoms with Crippen LogP contribution in [0.2, 0.25) is 0 Å². The Morgan fingerprint density at radius 1 is 1.05 bits per heavy atom. The first-order valence-corrected chi connectivity index (χ1v) is 7.13. The molecular formula is C19H19NO2. The number of benzene rings is 1. The molecule has 1 N–H and O–H groups in total.